The summed E-state index contributed by atoms with van der Waals surface area (Å²) in [5.74, 6) is 1.10. The lowest BCUT2D eigenvalue weighted by molar-refractivity contribution is 0.297. The average Bonchev–Trinajstić information content (AvgIpc) is 3.11. The first-order valence-electron chi connectivity index (χ1n) is 9.78. The van der Waals surface area contributed by atoms with Gasteiger partial charge in [0.05, 0.1) is 5.39 Å². The van der Waals surface area contributed by atoms with E-state index in [9.17, 15) is 9.65 Å². The summed E-state index contributed by atoms with van der Waals surface area (Å²) < 4.78 is 13.6. The molecule has 0 radical (unpaired) electrons. The third kappa shape index (κ3) is 3.64. The monoisotopic (exact) mass is 406 g/mol. The summed E-state index contributed by atoms with van der Waals surface area (Å²) in [6.45, 7) is 7.91. The van der Waals surface area contributed by atoms with Crippen LogP contribution in [0.5, 0.6) is 0 Å². The third-order valence-electron chi connectivity index (χ3n) is 5.42. The molecule has 0 amide bonds. The summed E-state index contributed by atoms with van der Waals surface area (Å²) in [5.41, 5.74) is 3.16. The molecule has 3 heterocycles. The van der Waals surface area contributed by atoms with Gasteiger partial charge in [-0.2, -0.15) is 5.26 Å². The molecule has 0 bridgehead atoms. The molecule has 0 saturated carbocycles. The maximum Gasteiger partial charge on any atom is 0.214 e. The van der Waals surface area contributed by atoms with Crippen molar-refractivity contribution in [2.45, 2.75) is 26.8 Å². The molecule has 4 rings (SSSR count). The highest BCUT2D eigenvalue weighted by molar-refractivity contribution is 5.95. The van der Waals surface area contributed by atoms with Crippen molar-refractivity contribution in [1.29, 1.82) is 5.26 Å². The Balaban J connectivity index is 1.55. The molecule has 2 aromatic heterocycles. The molecule has 2 N–H and O–H groups in total. The van der Waals surface area contributed by atoms with Gasteiger partial charge in [-0.1, -0.05) is 0 Å². The fourth-order valence-electron chi connectivity index (χ4n) is 3.86. The van der Waals surface area contributed by atoms with Crippen molar-refractivity contribution in [3.63, 3.8) is 0 Å². The molecular formula is C21H23FN8. The number of hydrogen-bond donors (Lipinski definition) is 2. The Kier molecular flexibility index (Phi) is 5.23. The third-order valence-corrected chi connectivity index (χ3v) is 5.42. The van der Waals surface area contributed by atoms with Crippen LogP contribution in [0.1, 0.15) is 18.1 Å². The number of fused-ring (bicyclic) bond motifs is 1. The number of piperazine rings is 1. The number of halogens is 1. The summed E-state index contributed by atoms with van der Waals surface area (Å²) >= 11 is 0. The van der Waals surface area contributed by atoms with Crippen LogP contribution in [0.3, 0.4) is 0 Å². The number of anilines is 2. The van der Waals surface area contributed by atoms with Gasteiger partial charge < -0.3 is 20.1 Å². The minimum atomic E-state index is -0.266. The van der Waals surface area contributed by atoms with E-state index >= 15 is 0 Å². The average molecular weight is 406 g/mol. The Hall–Kier alpha value is -3.67. The topological polar surface area (TPSA) is 96.2 Å². The van der Waals surface area contributed by atoms with E-state index in [4.69, 9.17) is 0 Å². The molecule has 3 aromatic rings. The van der Waals surface area contributed by atoms with Gasteiger partial charge in [0.2, 0.25) is 12.2 Å². The molecule has 154 valence electrons. The minimum Gasteiger partial charge on any atom is -0.352 e. The summed E-state index contributed by atoms with van der Waals surface area (Å²) in [5, 5.41) is 13.4. The number of benzene rings is 1. The molecule has 1 aliphatic heterocycles. The smallest absolute Gasteiger partial charge is 0.214 e. The Labute approximate surface area is 174 Å². The summed E-state index contributed by atoms with van der Waals surface area (Å²) in [6.07, 6.45) is 5.39. The molecule has 8 nitrogen and oxygen atoms in total. The van der Waals surface area contributed by atoms with Crippen molar-refractivity contribution in [2.75, 3.05) is 29.9 Å². The number of hydrogen-bond acceptors (Lipinski definition) is 5. The van der Waals surface area contributed by atoms with Crippen molar-refractivity contribution in [1.82, 2.24) is 19.9 Å². The Morgan fingerprint density at radius 1 is 1.30 bits per heavy atom. The van der Waals surface area contributed by atoms with Gasteiger partial charge in [0.25, 0.3) is 0 Å². The number of rotatable bonds is 2. The number of nitrogens with zero attached hydrogens (tertiary/aromatic N) is 6. The van der Waals surface area contributed by atoms with Gasteiger partial charge >= 0.3 is 0 Å². The number of aliphatic imine (C=N–C) groups is 1. The van der Waals surface area contributed by atoms with Crippen LogP contribution in [-0.4, -0.2) is 51.5 Å². The van der Waals surface area contributed by atoms with Crippen molar-refractivity contribution in [3.05, 3.63) is 47.7 Å². The van der Waals surface area contributed by atoms with Gasteiger partial charge in [0.1, 0.15) is 23.6 Å². The maximum atomic E-state index is 13.6. The van der Waals surface area contributed by atoms with Crippen molar-refractivity contribution < 1.29 is 4.39 Å². The zero-order valence-corrected chi connectivity index (χ0v) is 17.1. The highest BCUT2D eigenvalue weighted by atomic mass is 19.1. The normalized spacial score (nSPS) is 17.3. The van der Waals surface area contributed by atoms with Crippen LogP contribution in [0.25, 0.3) is 11.0 Å². The van der Waals surface area contributed by atoms with Crippen LogP contribution in [0.2, 0.25) is 0 Å². The number of aromatic nitrogens is 3. The number of aryl methyl sites for hydroxylation is 2. The largest absolute Gasteiger partial charge is 0.352 e. The molecule has 1 aromatic carbocycles. The lowest BCUT2D eigenvalue weighted by Gasteiger charge is -2.41. The van der Waals surface area contributed by atoms with E-state index in [-0.39, 0.29) is 11.9 Å². The highest BCUT2D eigenvalue weighted by Crippen LogP contribution is 2.27. The first kappa shape index (κ1) is 19.6. The second-order valence-electron chi connectivity index (χ2n) is 7.51. The van der Waals surface area contributed by atoms with Gasteiger partial charge in [-0.15, -0.1) is 4.99 Å². The molecule has 1 unspecified atom stereocenters. The van der Waals surface area contributed by atoms with E-state index in [1.165, 1.54) is 6.07 Å². The predicted molar refractivity (Wildman–Crippen MR) is 115 cm³/mol. The lowest BCUT2D eigenvalue weighted by atomic mass is 10.1. The summed E-state index contributed by atoms with van der Waals surface area (Å²) in [4.78, 5) is 20.3. The van der Waals surface area contributed by atoms with E-state index in [0.717, 1.165) is 29.0 Å². The van der Waals surface area contributed by atoms with Gasteiger partial charge in [-0.05, 0) is 50.1 Å². The van der Waals surface area contributed by atoms with Crippen molar-refractivity contribution in [2.24, 2.45) is 4.99 Å². The molecule has 1 saturated heterocycles. The Morgan fingerprint density at radius 2 is 2.13 bits per heavy atom. The number of nitrogens with one attached hydrogen (secondary N) is 2. The van der Waals surface area contributed by atoms with Gasteiger partial charge in [-0.3, -0.25) is 0 Å². The summed E-state index contributed by atoms with van der Waals surface area (Å²) in [6, 6.07) is 4.82. The quantitative estimate of drug-likeness (QED) is 0.386. The van der Waals surface area contributed by atoms with Crippen LogP contribution in [0.4, 0.5) is 15.9 Å². The summed E-state index contributed by atoms with van der Waals surface area (Å²) in [7, 11) is 0. The number of aromatic amines is 1. The molecule has 0 spiro atoms. The van der Waals surface area contributed by atoms with Crippen molar-refractivity contribution in [3.8, 4) is 6.19 Å². The van der Waals surface area contributed by atoms with E-state index < -0.39 is 0 Å². The van der Waals surface area contributed by atoms with E-state index in [1.807, 2.05) is 19.3 Å². The fraction of sp³-hybridized carbons (Fsp3) is 0.333. The van der Waals surface area contributed by atoms with Crippen LogP contribution in [-0.2, 0) is 0 Å². The molecule has 30 heavy (non-hydrogen) atoms. The molecule has 1 fully saturated rings. The lowest BCUT2D eigenvalue weighted by Crippen LogP contribution is -2.56. The molecule has 9 heteroatoms. The van der Waals surface area contributed by atoms with Crippen molar-refractivity contribution >= 4 is 28.5 Å². The number of H-pyrrole nitrogens is 1. The first-order chi connectivity index (χ1) is 14.5. The predicted octanol–water partition coefficient (Wildman–Crippen LogP) is 3.17. The maximum absolute atomic E-state index is 13.6. The number of nitriles is 1. The van der Waals surface area contributed by atoms with Crippen LogP contribution < -0.4 is 10.2 Å². The Morgan fingerprint density at radius 3 is 2.87 bits per heavy atom. The molecule has 1 atom stereocenters. The van der Waals surface area contributed by atoms with Gasteiger partial charge in [0.15, 0.2) is 0 Å². The zero-order valence-electron chi connectivity index (χ0n) is 17.1. The molecule has 1 aliphatic rings. The van der Waals surface area contributed by atoms with Crippen LogP contribution in [0.15, 0.2) is 35.7 Å². The second-order valence-corrected chi connectivity index (χ2v) is 7.51. The highest BCUT2D eigenvalue weighted by Gasteiger charge is 2.28. The second kappa shape index (κ2) is 7.99. The van der Waals surface area contributed by atoms with Gasteiger partial charge in [0, 0.05) is 37.6 Å². The number of guanidine groups is 1. The van der Waals surface area contributed by atoms with E-state index in [0.29, 0.717) is 30.3 Å². The van der Waals surface area contributed by atoms with Crippen LogP contribution >= 0.6 is 0 Å². The van der Waals surface area contributed by atoms with Gasteiger partial charge in [-0.25, -0.2) is 14.4 Å². The van der Waals surface area contributed by atoms with E-state index in [1.54, 1.807) is 25.4 Å². The molecule has 0 aliphatic carbocycles. The standard InChI is InChI=1S/C21H23FN8/c1-13-8-16(4-5-17(13)22)28-21(25-11-23)30-7-6-29(10-15(30)3)20-18-14(2)9-24-19(18)26-12-27-20/h4-5,8-9,12,15H,6-7,10H2,1-3H3,(H,25,28)(H,24,26,27). The fourth-order valence-corrected chi connectivity index (χ4v) is 3.86. The minimum absolute atomic E-state index is 0.0733. The zero-order chi connectivity index (χ0) is 21.3. The van der Waals surface area contributed by atoms with Crippen LogP contribution in [0, 0.1) is 31.1 Å². The molecular weight excluding hydrogens is 383 g/mol. The Bertz CT molecular complexity index is 1150. The van der Waals surface area contributed by atoms with E-state index in [2.05, 4.69) is 42.0 Å². The first-order valence-corrected chi connectivity index (χ1v) is 9.78. The SMILES string of the molecule is Cc1cc(NC(=NC#N)N2CCN(c3ncnc4[nH]cc(C)c34)CC2C)ccc1F.